The molecule has 1 aromatic heterocycles. The third-order valence-electron chi connectivity index (χ3n) is 4.48. The van der Waals surface area contributed by atoms with Crippen molar-refractivity contribution < 1.29 is 9.90 Å². The summed E-state index contributed by atoms with van der Waals surface area (Å²) in [5.41, 5.74) is 1.08. The van der Waals surface area contributed by atoms with Crippen molar-refractivity contribution in [2.75, 3.05) is 44.7 Å². The topological polar surface area (TPSA) is 72.8 Å². The van der Waals surface area contributed by atoms with Gasteiger partial charge in [-0.2, -0.15) is 0 Å². The van der Waals surface area contributed by atoms with Gasteiger partial charge in [-0.05, 0) is 19.4 Å². The van der Waals surface area contributed by atoms with Gasteiger partial charge in [0.05, 0.1) is 0 Å². The van der Waals surface area contributed by atoms with Crippen LogP contribution in [0, 0.1) is 0 Å². The Morgan fingerprint density at radius 3 is 2.86 bits per heavy atom. The molecule has 120 valence electrons. The lowest BCUT2D eigenvalue weighted by Gasteiger charge is -2.37. The van der Waals surface area contributed by atoms with Crippen molar-refractivity contribution in [3.63, 3.8) is 0 Å². The van der Waals surface area contributed by atoms with Crippen molar-refractivity contribution >= 4 is 11.9 Å². The molecule has 1 aromatic rings. The number of fused-ring (bicyclic) bond motifs is 1. The van der Waals surface area contributed by atoms with Crippen LogP contribution < -0.4 is 4.90 Å². The predicted octanol–water partition coefficient (Wildman–Crippen LogP) is 0.277. The SMILES string of the molecule is CN(CC(=O)O)c1ncc(CN2CCN3CCC[C@H]3C2)cn1. The summed E-state index contributed by atoms with van der Waals surface area (Å²) in [6.07, 6.45) is 6.25. The smallest absolute Gasteiger partial charge is 0.323 e. The van der Waals surface area contributed by atoms with Crippen molar-refractivity contribution in [3.8, 4) is 0 Å². The average Bonchev–Trinajstić information content (AvgIpc) is 2.95. The fourth-order valence-electron chi connectivity index (χ4n) is 3.36. The third-order valence-corrected chi connectivity index (χ3v) is 4.48. The molecule has 0 saturated carbocycles. The van der Waals surface area contributed by atoms with Crippen LogP contribution in [0.1, 0.15) is 18.4 Å². The number of rotatable bonds is 5. The minimum Gasteiger partial charge on any atom is -0.480 e. The molecule has 0 bridgehead atoms. The van der Waals surface area contributed by atoms with Gasteiger partial charge in [0.25, 0.3) is 0 Å². The minimum absolute atomic E-state index is 0.0943. The van der Waals surface area contributed by atoms with Gasteiger partial charge in [0.2, 0.25) is 5.95 Å². The lowest BCUT2D eigenvalue weighted by molar-refractivity contribution is -0.135. The summed E-state index contributed by atoms with van der Waals surface area (Å²) in [7, 11) is 1.68. The first-order valence-electron chi connectivity index (χ1n) is 7.82. The number of aliphatic carboxylic acids is 1. The monoisotopic (exact) mass is 305 g/mol. The Hall–Kier alpha value is -1.73. The van der Waals surface area contributed by atoms with Gasteiger partial charge in [0.15, 0.2) is 0 Å². The molecular weight excluding hydrogens is 282 g/mol. The molecule has 0 radical (unpaired) electrons. The third kappa shape index (κ3) is 3.53. The molecule has 0 unspecified atom stereocenters. The van der Waals surface area contributed by atoms with E-state index in [0.717, 1.165) is 37.8 Å². The first kappa shape index (κ1) is 15.2. The molecule has 7 nitrogen and oxygen atoms in total. The Balaban J connectivity index is 1.56. The fraction of sp³-hybridized carbons (Fsp3) is 0.667. The van der Waals surface area contributed by atoms with E-state index in [4.69, 9.17) is 5.11 Å². The summed E-state index contributed by atoms with van der Waals surface area (Å²) in [5.74, 6) is -0.434. The number of likely N-dealkylation sites (N-methyl/N-ethyl adjacent to an activating group) is 1. The summed E-state index contributed by atoms with van der Waals surface area (Å²) in [5, 5.41) is 8.78. The van der Waals surface area contributed by atoms with Crippen molar-refractivity contribution in [1.29, 1.82) is 0 Å². The van der Waals surface area contributed by atoms with Crippen molar-refractivity contribution in [2.45, 2.75) is 25.4 Å². The van der Waals surface area contributed by atoms with Gasteiger partial charge in [-0.15, -0.1) is 0 Å². The van der Waals surface area contributed by atoms with E-state index in [1.54, 1.807) is 7.05 Å². The van der Waals surface area contributed by atoms with Gasteiger partial charge in [-0.25, -0.2) is 9.97 Å². The van der Waals surface area contributed by atoms with Crippen molar-refractivity contribution in [2.24, 2.45) is 0 Å². The first-order chi connectivity index (χ1) is 10.6. The van der Waals surface area contributed by atoms with E-state index in [2.05, 4.69) is 19.8 Å². The first-order valence-corrected chi connectivity index (χ1v) is 7.82. The quantitative estimate of drug-likeness (QED) is 0.837. The van der Waals surface area contributed by atoms with E-state index in [1.165, 1.54) is 24.3 Å². The van der Waals surface area contributed by atoms with E-state index in [9.17, 15) is 4.79 Å². The maximum atomic E-state index is 10.7. The van der Waals surface area contributed by atoms with Crippen LogP contribution in [0.15, 0.2) is 12.4 Å². The maximum absolute atomic E-state index is 10.7. The molecule has 3 heterocycles. The Kier molecular flexibility index (Phi) is 4.54. The van der Waals surface area contributed by atoms with E-state index >= 15 is 0 Å². The zero-order valence-electron chi connectivity index (χ0n) is 13.0. The van der Waals surface area contributed by atoms with Crippen LogP contribution in [0.25, 0.3) is 0 Å². The van der Waals surface area contributed by atoms with Crippen LogP contribution in [0.4, 0.5) is 5.95 Å². The fourth-order valence-corrected chi connectivity index (χ4v) is 3.36. The molecule has 22 heavy (non-hydrogen) atoms. The zero-order valence-corrected chi connectivity index (χ0v) is 13.0. The molecule has 1 atom stereocenters. The largest absolute Gasteiger partial charge is 0.480 e. The molecule has 0 spiro atoms. The molecular formula is C15H23N5O2. The Morgan fingerprint density at radius 2 is 2.14 bits per heavy atom. The number of carboxylic acids is 1. The molecule has 2 saturated heterocycles. The minimum atomic E-state index is -0.885. The zero-order chi connectivity index (χ0) is 15.5. The number of hydrogen-bond donors (Lipinski definition) is 1. The van der Waals surface area contributed by atoms with Crippen LogP contribution in [0.2, 0.25) is 0 Å². The molecule has 3 rings (SSSR count). The summed E-state index contributed by atoms with van der Waals surface area (Å²) in [6.45, 7) is 5.41. The lowest BCUT2D eigenvalue weighted by atomic mass is 10.1. The standard InChI is InChI=1S/C15H23N5O2/c1-18(11-14(21)22)15-16-7-12(8-17-15)9-19-5-6-20-4-2-3-13(20)10-19/h7-8,13H,2-6,9-11H2,1H3,(H,21,22)/t13-/m0/s1. The number of carboxylic acid groups (broad SMARTS) is 1. The van der Waals surface area contributed by atoms with E-state index < -0.39 is 5.97 Å². The Bertz CT molecular complexity index is 521. The van der Waals surface area contributed by atoms with Gasteiger partial charge < -0.3 is 10.0 Å². The van der Waals surface area contributed by atoms with Gasteiger partial charge in [0, 0.05) is 57.2 Å². The molecule has 1 N–H and O–H groups in total. The van der Waals surface area contributed by atoms with Gasteiger partial charge in [-0.3, -0.25) is 14.6 Å². The molecule has 2 aliphatic heterocycles. The second-order valence-corrected chi connectivity index (χ2v) is 6.21. The van der Waals surface area contributed by atoms with Crippen LogP contribution in [-0.4, -0.2) is 76.7 Å². The summed E-state index contributed by atoms with van der Waals surface area (Å²) >= 11 is 0. The lowest BCUT2D eigenvalue weighted by Crippen LogP contribution is -2.49. The Labute approximate surface area is 130 Å². The second-order valence-electron chi connectivity index (χ2n) is 6.21. The van der Waals surface area contributed by atoms with Gasteiger partial charge in [-0.1, -0.05) is 0 Å². The average molecular weight is 305 g/mol. The number of anilines is 1. The van der Waals surface area contributed by atoms with Crippen LogP contribution in [-0.2, 0) is 11.3 Å². The molecule has 2 fully saturated rings. The van der Waals surface area contributed by atoms with Gasteiger partial charge in [0.1, 0.15) is 6.54 Å². The Morgan fingerprint density at radius 1 is 1.36 bits per heavy atom. The number of nitrogens with zero attached hydrogens (tertiary/aromatic N) is 5. The molecule has 2 aliphatic rings. The highest BCUT2D eigenvalue weighted by atomic mass is 16.4. The van der Waals surface area contributed by atoms with Crippen LogP contribution in [0.5, 0.6) is 0 Å². The number of aromatic nitrogens is 2. The van der Waals surface area contributed by atoms with Crippen LogP contribution in [0.3, 0.4) is 0 Å². The maximum Gasteiger partial charge on any atom is 0.323 e. The van der Waals surface area contributed by atoms with E-state index in [-0.39, 0.29) is 6.54 Å². The number of carbonyl (C=O) groups is 1. The highest BCUT2D eigenvalue weighted by Crippen LogP contribution is 2.22. The van der Waals surface area contributed by atoms with Crippen molar-refractivity contribution in [3.05, 3.63) is 18.0 Å². The highest BCUT2D eigenvalue weighted by Gasteiger charge is 2.30. The second kappa shape index (κ2) is 6.58. The summed E-state index contributed by atoms with van der Waals surface area (Å²) < 4.78 is 0. The molecule has 0 aromatic carbocycles. The number of piperazine rings is 1. The van der Waals surface area contributed by atoms with E-state index in [1.807, 2.05) is 12.4 Å². The summed E-state index contributed by atoms with van der Waals surface area (Å²) in [4.78, 5) is 25.8. The molecule has 0 aliphatic carbocycles. The van der Waals surface area contributed by atoms with E-state index in [0.29, 0.717) is 5.95 Å². The highest BCUT2D eigenvalue weighted by molar-refractivity contribution is 5.72. The molecule has 7 heteroatoms. The normalized spacial score (nSPS) is 22.5. The predicted molar refractivity (Wildman–Crippen MR) is 82.8 cm³/mol. The van der Waals surface area contributed by atoms with Crippen molar-refractivity contribution in [1.82, 2.24) is 19.8 Å². The molecule has 0 amide bonds. The van der Waals surface area contributed by atoms with Gasteiger partial charge >= 0.3 is 5.97 Å². The van der Waals surface area contributed by atoms with Crippen LogP contribution >= 0.6 is 0 Å². The number of hydrogen-bond acceptors (Lipinski definition) is 6. The summed E-state index contributed by atoms with van der Waals surface area (Å²) in [6, 6.07) is 0.718.